The minimum Gasteiger partial charge on any atom is -0.375 e. The SMILES string of the molecule is Cc1cccc(N2CCN(C(=O)CC3CCOC4(CCN(C(=O)NC(C)C)CC4)C3)CC2)c1C. The quantitative estimate of drug-likeness (QED) is 0.728. The molecule has 1 atom stereocenters. The Hall–Kier alpha value is -2.28. The number of carbonyl (C=O) groups is 2. The van der Waals surface area contributed by atoms with Crippen molar-refractivity contribution in [1.82, 2.24) is 15.1 Å². The summed E-state index contributed by atoms with van der Waals surface area (Å²) in [4.78, 5) is 31.9. The molecule has 1 N–H and O–H groups in total. The van der Waals surface area contributed by atoms with E-state index in [4.69, 9.17) is 4.74 Å². The minimum atomic E-state index is -0.167. The fourth-order valence-electron chi connectivity index (χ4n) is 5.76. The summed E-state index contributed by atoms with van der Waals surface area (Å²) in [6, 6.07) is 6.64. The molecule has 0 radical (unpaired) electrons. The van der Waals surface area contributed by atoms with Crippen LogP contribution in [0.1, 0.15) is 57.1 Å². The monoisotopic (exact) mass is 470 g/mol. The zero-order valence-corrected chi connectivity index (χ0v) is 21.4. The van der Waals surface area contributed by atoms with Gasteiger partial charge in [-0.15, -0.1) is 0 Å². The van der Waals surface area contributed by atoms with Gasteiger partial charge in [0.05, 0.1) is 5.60 Å². The van der Waals surface area contributed by atoms with Crippen LogP contribution in [0.25, 0.3) is 0 Å². The van der Waals surface area contributed by atoms with E-state index in [9.17, 15) is 9.59 Å². The molecular weight excluding hydrogens is 428 g/mol. The molecule has 1 aromatic carbocycles. The van der Waals surface area contributed by atoms with Crippen molar-refractivity contribution in [3.05, 3.63) is 29.3 Å². The first-order valence-corrected chi connectivity index (χ1v) is 13.0. The minimum absolute atomic E-state index is 0.0207. The molecule has 1 unspecified atom stereocenters. The lowest BCUT2D eigenvalue weighted by atomic mass is 9.78. The van der Waals surface area contributed by atoms with Gasteiger partial charge in [-0.05, 0) is 76.5 Å². The molecule has 3 fully saturated rings. The molecule has 3 aliphatic heterocycles. The number of nitrogens with one attached hydrogen (secondary N) is 1. The maximum atomic E-state index is 13.2. The lowest BCUT2D eigenvalue weighted by Gasteiger charge is -2.46. The fraction of sp³-hybridized carbons (Fsp3) is 0.704. The van der Waals surface area contributed by atoms with Gasteiger partial charge in [-0.2, -0.15) is 0 Å². The molecule has 3 aliphatic rings. The number of piperidine rings is 1. The van der Waals surface area contributed by atoms with Gasteiger partial charge in [0.1, 0.15) is 0 Å². The number of ether oxygens (including phenoxy) is 1. The van der Waals surface area contributed by atoms with Crippen molar-refractivity contribution in [2.24, 2.45) is 5.92 Å². The van der Waals surface area contributed by atoms with Crippen molar-refractivity contribution in [2.75, 3.05) is 50.8 Å². The Labute approximate surface area is 204 Å². The molecule has 1 aromatic rings. The number of nitrogens with zero attached hydrogens (tertiary/aromatic N) is 3. The topological polar surface area (TPSA) is 65.1 Å². The van der Waals surface area contributed by atoms with Crippen LogP contribution in [0.4, 0.5) is 10.5 Å². The van der Waals surface area contributed by atoms with Gasteiger partial charge in [-0.3, -0.25) is 4.79 Å². The smallest absolute Gasteiger partial charge is 0.317 e. The average molecular weight is 471 g/mol. The Morgan fingerprint density at radius 2 is 1.76 bits per heavy atom. The number of urea groups is 1. The van der Waals surface area contributed by atoms with E-state index in [1.165, 1.54) is 16.8 Å². The highest BCUT2D eigenvalue weighted by Crippen LogP contribution is 2.39. The third kappa shape index (κ3) is 5.68. The molecule has 4 rings (SSSR count). The summed E-state index contributed by atoms with van der Waals surface area (Å²) in [7, 11) is 0. The molecule has 0 aromatic heterocycles. The predicted octanol–water partition coefficient (Wildman–Crippen LogP) is 3.72. The maximum absolute atomic E-state index is 13.2. The second kappa shape index (κ2) is 10.5. The average Bonchev–Trinajstić information content (AvgIpc) is 2.81. The zero-order valence-electron chi connectivity index (χ0n) is 21.4. The molecule has 1 spiro atoms. The first-order chi connectivity index (χ1) is 16.3. The normalized spacial score (nSPS) is 22.9. The predicted molar refractivity (Wildman–Crippen MR) is 135 cm³/mol. The molecule has 3 saturated heterocycles. The molecule has 3 heterocycles. The van der Waals surface area contributed by atoms with Crippen molar-refractivity contribution >= 4 is 17.6 Å². The van der Waals surface area contributed by atoms with Gasteiger partial charge in [-0.1, -0.05) is 12.1 Å². The highest BCUT2D eigenvalue weighted by molar-refractivity contribution is 5.77. The number of aryl methyl sites for hydroxylation is 1. The Bertz CT molecular complexity index is 871. The lowest BCUT2D eigenvalue weighted by Crippen LogP contribution is -2.54. The highest BCUT2D eigenvalue weighted by Gasteiger charge is 2.42. The Morgan fingerprint density at radius 3 is 2.44 bits per heavy atom. The number of rotatable bonds is 4. The molecule has 3 amide bonds. The van der Waals surface area contributed by atoms with Crippen LogP contribution < -0.4 is 10.2 Å². The highest BCUT2D eigenvalue weighted by atomic mass is 16.5. The molecule has 0 aliphatic carbocycles. The number of likely N-dealkylation sites (tertiary alicyclic amines) is 1. The van der Waals surface area contributed by atoms with Gasteiger partial charge in [0, 0.05) is 64.0 Å². The molecule has 7 heteroatoms. The molecular formula is C27H42N4O3. The van der Waals surface area contributed by atoms with Crippen molar-refractivity contribution in [2.45, 2.75) is 71.4 Å². The van der Waals surface area contributed by atoms with E-state index in [0.717, 1.165) is 71.6 Å². The fourth-order valence-corrected chi connectivity index (χ4v) is 5.76. The van der Waals surface area contributed by atoms with Crippen LogP contribution in [-0.2, 0) is 9.53 Å². The van der Waals surface area contributed by atoms with Gasteiger partial charge in [0.15, 0.2) is 0 Å². The number of hydrogen-bond acceptors (Lipinski definition) is 4. The molecule has 0 bridgehead atoms. The van der Waals surface area contributed by atoms with E-state index >= 15 is 0 Å². The molecule has 34 heavy (non-hydrogen) atoms. The van der Waals surface area contributed by atoms with Crippen molar-refractivity contribution in [3.8, 4) is 0 Å². The van der Waals surface area contributed by atoms with E-state index in [1.54, 1.807) is 0 Å². The Balaban J connectivity index is 1.26. The first-order valence-electron chi connectivity index (χ1n) is 13.0. The van der Waals surface area contributed by atoms with Crippen molar-refractivity contribution < 1.29 is 14.3 Å². The lowest BCUT2D eigenvalue weighted by molar-refractivity contribution is -0.140. The van der Waals surface area contributed by atoms with E-state index in [1.807, 2.05) is 18.7 Å². The number of anilines is 1. The maximum Gasteiger partial charge on any atom is 0.317 e. The largest absolute Gasteiger partial charge is 0.375 e. The molecule has 188 valence electrons. The Morgan fingerprint density at radius 1 is 1.06 bits per heavy atom. The number of piperazine rings is 1. The van der Waals surface area contributed by atoms with E-state index in [2.05, 4.69) is 47.2 Å². The summed E-state index contributed by atoms with van der Waals surface area (Å²) in [5.74, 6) is 0.658. The summed E-state index contributed by atoms with van der Waals surface area (Å²) >= 11 is 0. The van der Waals surface area contributed by atoms with Gasteiger partial charge in [0.25, 0.3) is 0 Å². The molecule has 7 nitrogen and oxygen atoms in total. The third-order valence-electron chi connectivity index (χ3n) is 7.98. The van der Waals surface area contributed by atoms with E-state index in [0.29, 0.717) is 12.3 Å². The van der Waals surface area contributed by atoms with Gasteiger partial charge >= 0.3 is 6.03 Å². The van der Waals surface area contributed by atoms with Crippen LogP contribution in [0, 0.1) is 19.8 Å². The number of benzene rings is 1. The number of amides is 3. The van der Waals surface area contributed by atoms with Gasteiger partial charge in [-0.25, -0.2) is 4.79 Å². The second-order valence-corrected chi connectivity index (χ2v) is 10.8. The Kier molecular flexibility index (Phi) is 7.70. The first kappa shape index (κ1) is 24.8. The van der Waals surface area contributed by atoms with Gasteiger partial charge in [0.2, 0.25) is 5.91 Å². The number of hydrogen-bond donors (Lipinski definition) is 1. The van der Waals surface area contributed by atoms with Crippen LogP contribution in [0.15, 0.2) is 18.2 Å². The zero-order chi connectivity index (χ0) is 24.3. The van der Waals surface area contributed by atoms with E-state index < -0.39 is 0 Å². The summed E-state index contributed by atoms with van der Waals surface area (Å²) < 4.78 is 6.27. The van der Waals surface area contributed by atoms with E-state index in [-0.39, 0.29) is 23.6 Å². The number of carbonyl (C=O) groups excluding carboxylic acids is 2. The van der Waals surface area contributed by atoms with Gasteiger partial charge < -0.3 is 24.8 Å². The van der Waals surface area contributed by atoms with Crippen LogP contribution in [0.2, 0.25) is 0 Å². The summed E-state index contributed by atoms with van der Waals surface area (Å²) in [5.41, 5.74) is 3.78. The second-order valence-electron chi connectivity index (χ2n) is 10.8. The summed E-state index contributed by atoms with van der Waals surface area (Å²) in [6.45, 7) is 13.8. The summed E-state index contributed by atoms with van der Waals surface area (Å²) in [6.07, 6.45) is 4.22. The van der Waals surface area contributed by atoms with Crippen molar-refractivity contribution in [1.29, 1.82) is 0 Å². The van der Waals surface area contributed by atoms with Crippen LogP contribution >= 0.6 is 0 Å². The van der Waals surface area contributed by atoms with Crippen LogP contribution in [0.5, 0.6) is 0 Å². The molecule has 0 saturated carbocycles. The third-order valence-corrected chi connectivity index (χ3v) is 7.98. The standard InChI is InChI=1S/C27H42N4O3/c1-20(2)28-26(33)31-11-9-27(10-12-31)19-23(8-17-34-27)18-25(32)30-15-13-29(14-16-30)24-7-5-6-21(3)22(24)4/h5-7,20,23H,8-19H2,1-4H3,(H,28,33). The van der Waals surface area contributed by atoms with Crippen LogP contribution in [0.3, 0.4) is 0 Å². The summed E-state index contributed by atoms with van der Waals surface area (Å²) in [5, 5.41) is 2.99. The van der Waals surface area contributed by atoms with Crippen molar-refractivity contribution in [3.63, 3.8) is 0 Å². The van der Waals surface area contributed by atoms with Crippen LogP contribution in [-0.4, -0.2) is 79.3 Å².